The highest BCUT2D eigenvalue weighted by molar-refractivity contribution is 6.02. The maximum atomic E-state index is 12.4. The standard InChI is InChI=1S/C27H26N2O3/c1-31-27(30)24-17-20-7-4-6-19-14-21-15-22(10-9-18(21)16-23(24)26(19)20)32-13-5-12-29-25-8-2-3-11-28-25/h2-4,6-11,15H,5,12-14,16-17H2,1H3,(H,28,29). The Labute approximate surface area is 188 Å². The smallest absolute Gasteiger partial charge is 0.334 e. The zero-order valence-electron chi connectivity index (χ0n) is 18.2. The Bertz CT molecular complexity index is 1180. The summed E-state index contributed by atoms with van der Waals surface area (Å²) in [7, 11) is 1.46. The number of nitrogens with zero attached hydrogens (tertiary/aromatic N) is 1. The van der Waals surface area contributed by atoms with Crippen LogP contribution in [0.25, 0.3) is 5.57 Å². The van der Waals surface area contributed by atoms with E-state index < -0.39 is 0 Å². The predicted octanol–water partition coefficient (Wildman–Crippen LogP) is 4.59. The van der Waals surface area contributed by atoms with Gasteiger partial charge in [-0.15, -0.1) is 0 Å². The van der Waals surface area contributed by atoms with E-state index in [2.05, 4.69) is 40.6 Å². The molecule has 5 nitrogen and oxygen atoms in total. The first kappa shape index (κ1) is 20.3. The third kappa shape index (κ3) is 3.98. The van der Waals surface area contributed by atoms with Gasteiger partial charge in [0.2, 0.25) is 0 Å². The SMILES string of the molecule is COC(=O)C1=C2Cc3ccc(OCCCNc4ccccn4)cc3Cc3cccc(c32)C1. The third-order valence-electron chi connectivity index (χ3n) is 6.19. The molecule has 0 saturated carbocycles. The van der Waals surface area contributed by atoms with Gasteiger partial charge in [-0.3, -0.25) is 0 Å². The van der Waals surface area contributed by atoms with Crippen LogP contribution in [0.15, 0.2) is 66.4 Å². The molecule has 5 heteroatoms. The van der Waals surface area contributed by atoms with E-state index in [4.69, 9.17) is 9.47 Å². The van der Waals surface area contributed by atoms with Gasteiger partial charge in [-0.1, -0.05) is 30.3 Å². The van der Waals surface area contributed by atoms with Crippen molar-refractivity contribution in [1.82, 2.24) is 4.98 Å². The molecule has 5 rings (SSSR count). The van der Waals surface area contributed by atoms with Gasteiger partial charge in [0, 0.05) is 24.7 Å². The second-order valence-corrected chi connectivity index (χ2v) is 8.20. The highest BCUT2D eigenvalue weighted by atomic mass is 16.5. The molecule has 0 saturated heterocycles. The Kier molecular flexibility index (Phi) is 5.63. The van der Waals surface area contributed by atoms with Gasteiger partial charge in [0.05, 0.1) is 13.7 Å². The maximum Gasteiger partial charge on any atom is 0.334 e. The summed E-state index contributed by atoms with van der Waals surface area (Å²) in [6, 6.07) is 18.5. The minimum absolute atomic E-state index is 0.218. The number of ether oxygens (including phenoxy) is 2. The fourth-order valence-corrected chi connectivity index (χ4v) is 4.67. The minimum atomic E-state index is -0.218. The second kappa shape index (κ2) is 8.87. The number of benzene rings is 2. The average Bonchev–Trinajstić information content (AvgIpc) is 3.10. The van der Waals surface area contributed by atoms with Crippen molar-refractivity contribution in [3.8, 4) is 5.75 Å². The molecular weight excluding hydrogens is 400 g/mol. The van der Waals surface area contributed by atoms with Gasteiger partial charge in [-0.25, -0.2) is 9.78 Å². The quantitative estimate of drug-likeness (QED) is 0.442. The zero-order chi connectivity index (χ0) is 21.9. The number of fused-ring (bicyclic) bond motifs is 1. The Morgan fingerprint density at radius 3 is 2.66 bits per heavy atom. The lowest BCUT2D eigenvalue weighted by molar-refractivity contribution is -0.136. The van der Waals surface area contributed by atoms with Gasteiger partial charge in [0.1, 0.15) is 11.6 Å². The normalized spacial score (nSPS) is 13.8. The molecule has 0 bridgehead atoms. The monoisotopic (exact) mass is 426 g/mol. The molecule has 32 heavy (non-hydrogen) atoms. The number of carbonyl (C=O) groups excluding carboxylic acids is 1. The second-order valence-electron chi connectivity index (χ2n) is 8.20. The summed E-state index contributed by atoms with van der Waals surface area (Å²) in [5.41, 5.74) is 8.16. The molecule has 162 valence electrons. The maximum absolute atomic E-state index is 12.4. The Hall–Kier alpha value is -3.60. The van der Waals surface area contributed by atoms with Crippen LogP contribution in [0, 0.1) is 0 Å². The first-order valence-electron chi connectivity index (χ1n) is 11.0. The van der Waals surface area contributed by atoms with Gasteiger partial charge in [-0.2, -0.15) is 0 Å². The molecule has 0 fully saturated rings. The van der Waals surface area contributed by atoms with E-state index in [1.54, 1.807) is 6.20 Å². The number of allylic oxidation sites excluding steroid dienone is 1. The van der Waals surface area contributed by atoms with Gasteiger partial charge in [-0.05, 0) is 76.9 Å². The predicted molar refractivity (Wildman–Crippen MR) is 125 cm³/mol. The van der Waals surface area contributed by atoms with Crippen molar-refractivity contribution in [3.63, 3.8) is 0 Å². The molecule has 0 radical (unpaired) electrons. The minimum Gasteiger partial charge on any atom is -0.494 e. The average molecular weight is 427 g/mol. The number of anilines is 1. The highest BCUT2D eigenvalue weighted by Crippen LogP contribution is 2.42. The van der Waals surface area contributed by atoms with Crippen LogP contribution in [0.4, 0.5) is 5.82 Å². The summed E-state index contributed by atoms with van der Waals surface area (Å²) >= 11 is 0. The first-order valence-corrected chi connectivity index (χ1v) is 11.0. The number of methoxy groups -OCH3 is 1. The van der Waals surface area contributed by atoms with Crippen LogP contribution in [-0.2, 0) is 28.8 Å². The fourth-order valence-electron chi connectivity index (χ4n) is 4.67. The molecule has 2 aliphatic rings. The van der Waals surface area contributed by atoms with Crippen molar-refractivity contribution in [2.24, 2.45) is 0 Å². The summed E-state index contributed by atoms with van der Waals surface area (Å²) in [6.07, 6.45) is 4.92. The lowest BCUT2D eigenvalue weighted by Crippen LogP contribution is -2.08. The van der Waals surface area contributed by atoms with Crippen molar-refractivity contribution < 1.29 is 14.3 Å². The molecule has 0 spiro atoms. The molecule has 1 N–H and O–H groups in total. The van der Waals surface area contributed by atoms with Gasteiger partial charge in [0.25, 0.3) is 0 Å². The van der Waals surface area contributed by atoms with Crippen molar-refractivity contribution in [3.05, 3.63) is 94.2 Å². The van der Waals surface area contributed by atoms with Crippen molar-refractivity contribution in [1.29, 1.82) is 0 Å². The molecule has 2 aliphatic carbocycles. The van der Waals surface area contributed by atoms with Crippen LogP contribution in [0.3, 0.4) is 0 Å². The Balaban J connectivity index is 1.30. The van der Waals surface area contributed by atoms with Crippen molar-refractivity contribution in [2.75, 3.05) is 25.6 Å². The van der Waals surface area contributed by atoms with E-state index in [0.29, 0.717) is 13.0 Å². The topological polar surface area (TPSA) is 60.5 Å². The van der Waals surface area contributed by atoms with Crippen LogP contribution in [0.1, 0.15) is 34.2 Å². The van der Waals surface area contributed by atoms with Crippen LogP contribution in [0.5, 0.6) is 5.75 Å². The number of carbonyl (C=O) groups is 1. The first-order chi connectivity index (χ1) is 15.7. The number of nitrogens with one attached hydrogen (secondary N) is 1. The van der Waals surface area contributed by atoms with E-state index >= 15 is 0 Å². The van der Waals surface area contributed by atoms with Crippen LogP contribution < -0.4 is 10.1 Å². The summed E-state index contributed by atoms with van der Waals surface area (Å²) in [5, 5.41) is 3.30. The van der Waals surface area contributed by atoms with E-state index in [-0.39, 0.29) is 5.97 Å². The van der Waals surface area contributed by atoms with Crippen LogP contribution >= 0.6 is 0 Å². The molecule has 0 atom stereocenters. The van der Waals surface area contributed by atoms with Crippen LogP contribution in [-0.4, -0.2) is 31.2 Å². The van der Waals surface area contributed by atoms with Gasteiger partial charge >= 0.3 is 5.97 Å². The Morgan fingerprint density at radius 2 is 1.84 bits per heavy atom. The van der Waals surface area contributed by atoms with E-state index in [0.717, 1.165) is 48.5 Å². The number of rotatable bonds is 7. The molecule has 1 aromatic heterocycles. The fraction of sp³-hybridized carbons (Fsp3) is 0.259. The van der Waals surface area contributed by atoms with Crippen LogP contribution in [0.2, 0.25) is 0 Å². The summed E-state index contributed by atoms with van der Waals surface area (Å²) < 4.78 is 11.1. The molecule has 0 amide bonds. The molecule has 3 aromatic rings. The van der Waals surface area contributed by atoms with Gasteiger partial charge in [0.15, 0.2) is 0 Å². The van der Waals surface area contributed by atoms with E-state index in [1.165, 1.54) is 34.9 Å². The Morgan fingerprint density at radius 1 is 0.969 bits per heavy atom. The molecule has 0 unspecified atom stereocenters. The largest absolute Gasteiger partial charge is 0.494 e. The molecule has 2 aromatic carbocycles. The third-order valence-corrected chi connectivity index (χ3v) is 6.19. The van der Waals surface area contributed by atoms with Crippen molar-refractivity contribution in [2.45, 2.75) is 25.7 Å². The number of esters is 1. The number of aromatic nitrogens is 1. The number of pyridine rings is 1. The van der Waals surface area contributed by atoms with Crippen molar-refractivity contribution >= 4 is 17.4 Å². The molecule has 1 heterocycles. The highest BCUT2D eigenvalue weighted by Gasteiger charge is 2.31. The van der Waals surface area contributed by atoms with E-state index in [1.807, 2.05) is 24.3 Å². The summed E-state index contributed by atoms with van der Waals surface area (Å²) in [6.45, 7) is 1.44. The van der Waals surface area contributed by atoms with Gasteiger partial charge < -0.3 is 14.8 Å². The number of hydrogen-bond donors (Lipinski definition) is 1. The molecular formula is C27H26N2O3. The molecule has 0 aliphatic heterocycles. The zero-order valence-corrected chi connectivity index (χ0v) is 18.2. The summed E-state index contributed by atoms with van der Waals surface area (Å²) in [5.74, 6) is 1.55. The number of hydrogen-bond acceptors (Lipinski definition) is 5. The lowest BCUT2D eigenvalue weighted by Gasteiger charge is -2.12. The lowest BCUT2D eigenvalue weighted by atomic mass is 9.97. The van der Waals surface area contributed by atoms with E-state index in [9.17, 15) is 4.79 Å². The summed E-state index contributed by atoms with van der Waals surface area (Å²) in [4.78, 5) is 16.7.